The number of fused-ring (bicyclic) bond motifs is 6. The summed E-state index contributed by atoms with van der Waals surface area (Å²) in [5.41, 5.74) is 4.91. The summed E-state index contributed by atoms with van der Waals surface area (Å²) in [5, 5.41) is 3.30. The molecule has 29 heavy (non-hydrogen) atoms. The highest BCUT2D eigenvalue weighted by atomic mass is 16.5. The van der Waals surface area contributed by atoms with Crippen LogP contribution in [0, 0.1) is 0 Å². The number of hydrogen-bond donors (Lipinski definition) is 1. The summed E-state index contributed by atoms with van der Waals surface area (Å²) in [7, 11) is 8.02. The number of carbonyl (C=O) groups excluding carboxylic acids is 1. The van der Waals surface area contributed by atoms with Crippen LogP contribution in [0.1, 0.15) is 27.0 Å². The van der Waals surface area contributed by atoms with Crippen molar-refractivity contribution in [2.45, 2.75) is 5.54 Å². The molecule has 1 spiro atoms. The molecule has 5 heteroatoms. The van der Waals surface area contributed by atoms with Crippen molar-refractivity contribution in [1.82, 2.24) is 5.32 Å². The van der Waals surface area contributed by atoms with Gasteiger partial charge in [0.15, 0.2) is 0 Å². The van der Waals surface area contributed by atoms with Gasteiger partial charge in [0.05, 0.1) is 0 Å². The lowest BCUT2D eigenvalue weighted by atomic mass is 9.75. The SMILES string of the molecule is CN(C)c1ccc2c(c1)Oc1cc(N(C)C)ccc1C21NC(=O)c2ccccc21. The third-order valence-electron chi connectivity index (χ3n) is 5.87. The van der Waals surface area contributed by atoms with E-state index in [9.17, 15) is 4.79 Å². The lowest BCUT2D eigenvalue weighted by molar-refractivity contribution is 0.0947. The van der Waals surface area contributed by atoms with Crippen LogP contribution in [0.15, 0.2) is 60.7 Å². The number of anilines is 2. The predicted molar refractivity (Wildman–Crippen MR) is 115 cm³/mol. The average molecular weight is 385 g/mol. The maximum Gasteiger partial charge on any atom is 0.252 e. The molecule has 0 aromatic heterocycles. The Hall–Kier alpha value is -3.47. The first-order chi connectivity index (χ1) is 13.9. The molecule has 0 aliphatic carbocycles. The molecule has 2 aliphatic rings. The van der Waals surface area contributed by atoms with Gasteiger partial charge >= 0.3 is 0 Å². The van der Waals surface area contributed by atoms with E-state index in [0.29, 0.717) is 5.56 Å². The summed E-state index contributed by atoms with van der Waals surface area (Å²) in [4.78, 5) is 17.0. The van der Waals surface area contributed by atoms with Crippen LogP contribution in [0.5, 0.6) is 11.5 Å². The summed E-state index contributed by atoms with van der Waals surface area (Å²) in [6.07, 6.45) is 0. The van der Waals surface area contributed by atoms with Gasteiger partial charge in [0.1, 0.15) is 17.0 Å². The smallest absolute Gasteiger partial charge is 0.252 e. The van der Waals surface area contributed by atoms with E-state index < -0.39 is 5.54 Å². The van der Waals surface area contributed by atoms with E-state index in [-0.39, 0.29) is 5.91 Å². The Balaban J connectivity index is 1.83. The normalized spacial score (nSPS) is 15.1. The molecule has 0 saturated carbocycles. The zero-order valence-corrected chi connectivity index (χ0v) is 17.0. The van der Waals surface area contributed by atoms with Crippen LogP contribution in [0.4, 0.5) is 11.4 Å². The molecule has 0 saturated heterocycles. The van der Waals surface area contributed by atoms with Crippen LogP contribution in [0.2, 0.25) is 0 Å². The van der Waals surface area contributed by atoms with E-state index in [1.807, 2.05) is 74.4 Å². The lowest BCUT2D eigenvalue weighted by Gasteiger charge is -2.38. The quantitative estimate of drug-likeness (QED) is 0.725. The number of amides is 1. The van der Waals surface area contributed by atoms with Crippen molar-refractivity contribution < 1.29 is 9.53 Å². The largest absolute Gasteiger partial charge is 0.456 e. The van der Waals surface area contributed by atoms with E-state index in [1.54, 1.807) is 0 Å². The highest BCUT2D eigenvalue weighted by Crippen LogP contribution is 2.54. The van der Waals surface area contributed by atoms with Crippen molar-refractivity contribution in [2.75, 3.05) is 38.0 Å². The highest BCUT2D eigenvalue weighted by molar-refractivity contribution is 6.02. The molecule has 0 fully saturated rings. The van der Waals surface area contributed by atoms with E-state index >= 15 is 0 Å². The van der Waals surface area contributed by atoms with Gasteiger partial charge in [-0.3, -0.25) is 4.79 Å². The molecule has 1 N–H and O–H groups in total. The molecule has 0 bridgehead atoms. The van der Waals surface area contributed by atoms with Gasteiger partial charge in [0.25, 0.3) is 5.91 Å². The van der Waals surface area contributed by atoms with Crippen LogP contribution in [-0.2, 0) is 5.54 Å². The molecule has 0 unspecified atom stereocenters. The van der Waals surface area contributed by atoms with E-state index in [0.717, 1.165) is 39.6 Å². The fourth-order valence-electron chi connectivity index (χ4n) is 4.37. The lowest BCUT2D eigenvalue weighted by Crippen LogP contribution is -2.43. The maximum atomic E-state index is 12.9. The molecule has 5 nitrogen and oxygen atoms in total. The first-order valence-corrected chi connectivity index (χ1v) is 9.65. The summed E-state index contributed by atoms with van der Waals surface area (Å²) in [6, 6.07) is 20.1. The number of ether oxygens (including phenoxy) is 1. The van der Waals surface area contributed by atoms with E-state index in [4.69, 9.17) is 4.74 Å². The van der Waals surface area contributed by atoms with Gasteiger partial charge in [-0.15, -0.1) is 0 Å². The summed E-state index contributed by atoms with van der Waals surface area (Å²) >= 11 is 0. The highest BCUT2D eigenvalue weighted by Gasteiger charge is 2.50. The standard InChI is InChI=1S/C24H23N3O2/c1-26(2)15-9-11-19-21(13-15)29-22-14-16(27(3)4)10-12-20(22)24(19)18-8-6-5-7-17(18)23(28)25-24/h5-14H,1-4H3,(H,25,28). The zero-order chi connectivity index (χ0) is 20.3. The molecule has 3 aromatic carbocycles. The Morgan fingerprint density at radius 3 is 1.86 bits per heavy atom. The maximum absolute atomic E-state index is 12.9. The number of carbonyl (C=O) groups is 1. The first kappa shape index (κ1) is 17.6. The average Bonchev–Trinajstić information content (AvgIpc) is 3.01. The molecule has 2 heterocycles. The molecule has 1 amide bonds. The number of rotatable bonds is 2. The van der Waals surface area contributed by atoms with Gasteiger partial charge in [-0.1, -0.05) is 30.3 Å². The zero-order valence-electron chi connectivity index (χ0n) is 17.0. The predicted octanol–water partition coefficient (Wildman–Crippen LogP) is 3.96. The minimum atomic E-state index is -0.758. The van der Waals surface area contributed by atoms with Gasteiger partial charge < -0.3 is 19.9 Å². The van der Waals surface area contributed by atoms with Crippen LogP contribution >= 0.6 is 0 Å². The molecular formula is C24H23N3O2. The second kappa shape index (κ2) is 6.01. The summed E-state index contributed by atoms with van der Waals surface area (Å²) in [6.45, 7) is 0. The summed E-state index contributed by atoms with van der Waals surface area (Å²) < 4.78 is 6.39. The van der Waals surface area contributed by atoms with Crippen molar-refractivity contribution >= 4 is 17.3 Å². The van der Waals surface area contributed by atoms with Crippen molar-refractivity contribution in [3.8, 4) is 11.5 Å². The van der Waals surface area contributed by atoms with E-state index in [1.165, 1.54) is 0 Å². The number of nitrogens with one attached hydrogen (secondary N) is 1. The Kier molecular flexibility index (Phi) is 3.65. The number of hydrogen-bond acceptors (Lipinski definition) is 4. The minimum Gasteiger partial charge on any atom is -0.456 e. The van der Waals surface area contributed by atoms with E-state index in [2.05, 4.69) is 29.6 Å². The molecule has 0 radical (unpaired) electrons. The Morgan fingerprint density at radius 1 is 0.759 bits per heavy atom. The molecular weight excluding hydrogens is 362 g/mol. The third kappa shape index (κ3) is 2.37. The monoisotopic (exact) mass is 385 g/mol. The Bertz CT molecular complexity index is 1090. The fraction of sp³-hybridized carbons (Fsp3) is 0.208. The number of benzene rings is 3. The van der Waals surface area contributed by atoms with Crippen LogP contribution in [0.3, 0.4) is 0 Å². The first-order valence-electron chi connectivity index (χ1n) is 9.65. The van der Waals surface area contributed by atoms with Gasteiger partial charge in [-0.05, 0) is 23.8 Å². The van der Waals surface area contributed by atoms with Crippen LogP contribution in [0.25, 0.3) is 0 Å². The summed E-state index contributed by atoms with van der Waals surface area (Å²) in [5.74, 6) is 1.46. The topological polar surface area (TPSA) is 44.8 Å². The molecule has 146 valence electrons. The van der Waals surface area contributed by atoms with Crippen LogP contribution < -0.4 is 19.9 Å². The van der Waals surface area contributed by atoms with Gasteiger partial charge in [0, 0.05) is 68.4 Å². The van der Waals surface area contributed by atoms with Gasteiger partial charge in [0.2, 0.25) is 0 Å². The number of nitrogens with zero attached hydrogens (tertiary/aromatic N) is 2. The van der Waals surface area contributed by atoms with Crippen molar-refractivity contribution in [3.05, 3.63) is 82.9 Å². The van der Waals surface area contributed by atoms with Crippen molar-refractivity contribution in [3.63, 3.8) is 0 Å². The van der Waals surface area contributed by atoms with Crippen molar-refractivity contribution in [1.29, 1.82) is 0 Å². The Labute approximate surface area is 170 Å². The molecule has 2 aliphatic heterocycles. The molecule has 3 aromatic rings. The second-order valence-electron chi connectivity index (χ2n) is 8.00. The molecule has 0 atom stereocenters. The third-order valence-corrected chi connectivity index (χ3v) is 5.87. The molecule has 5 rings (SSSR count). The van der Waals surface area contributed by atoms with Crippen LogP contribution in [-0.4, -0.2) is 34.1 Å². The van der Waals surface area contributed by atoms with Gasteiger partial charge in [-0.2, -0.15) is 0 Å². The second-order valence-corrected chi connectivity index (χ2v) is 8.00. The minimum absolute atomic E-state index is 0.0622. The fourth-order valence-corrected chi connectivity index (χ4v) is 4.37. The van der Waals surface area contributed by atoms with Gasteiger partial charge in [-0.25, -0.2) is 0 Å². The van der Waals surface area contributed by atoms with Crippen molar-refractivity contribution in [2.24, 2.45) is 0 Å². The Morgan fingerprint density at radius 2 is 1.31 bits per heavy atom.